The molecule has 3 rings (SSSR count). The second kappa shape index (κ2) is 8.49. The van der Waals surface area contributed by atoms with Crippen molar-refractivity contribution < 1.29 is 9.47 Å². The van der Waals surface area contributed by atoms with Crippen LogP contribution in [0.2, 0.25) is 0 Å². The van der Waals surface area contributed by atoms with E-state index in [9.17, 15) is 0 Å². The Balaban J connectivity index is 1.77. The van der Waals surface area contributed by atoms with Crippen LogP contribution in [0.4, 0.5) is 5.69 Å². The standard InChI is InChI=1S/C21H21NO2S/c1-23-18-10-13-21(24-17-6-4-3-5-7-17)20(14-18)22-15-16-8-11-19(25-2)12-9-16/h3-14,22H,15H2,1-2H3. The number of hydrogen-bond donors (Lipinski definition) is 1. The van der Waals surface area contributed by atoms with E-state index in [0.29, 0.717) is 6.54 Å². The maximum absolute atomic E-state index is 6.01. The minimum absolute atomic E-state index is 0.715. The molecule has 1 N–H and O–H groups in total. The lowest BCUT2D eigenvalue weighted by molar-refractivity contribution is 0.413. The fourth-order valence-electron chi connectivity index (χ4n) is 2.42. The molecule has 25 heavy (non-hydrogen) atoms. The summed E-state index contributed by atoms with van der Waals surface area (Å²) < 4.78 is 11.4. The molecule has 0 amide bonds. The number of nitrogens with one attached hydrogen (secondary N) is 1. The molecule has 0 spiro atoms. The van der Waals surface area contributed by atoms with Crippen molar-refractivity contribution in [3.8, 4) is 17.2 Å². The van der Waals surface area contributed by atoms with Crippen LogP contribution in [0.1, 0.15) is 5.56 Å². The minimum atomic E-state index is 0.715. The Morgan fingerprint density at radius 1 is 0.880 bits per heavy atom. The highest BCUT2D eigenvalue weighted by Crippen LogP contribution is 2.33. The molecule has 3 aromatic carbocycles. The topological polar surface area (TPSA) is 30.5 Å². The minimum Gasteiger partial charge on any atom is -0.497 e. The SMILES string of the molecule is COc1ccc(Oc2ccccc2)c(NCc2ccc(SC)cc2)c1. The summed E-state index contributed by atoms with van der Waals surface area (Å²) in [6.07, 6.45) is 2.08. The lowest BCUT2D eigenvalue weighted by Crippen LogP contribution is -2.01. The molecule has 0 aromatic heterocycles. The monoisotopic (exact) mass is 351 g/mol. The molecule has 0 aliphatic rings. The predicted molar refractivity (Wildman–Crippen MR) is 105 cm³/mol. The van der Waals surface area contributed by atoms with Crippen molar-refractivity contribution in [2.24, 2.45) is 0 Å². The van der Waals surface area contributed by atoms with Crippen molar-refractivity contribution in [1.82, 2.24) is 0 Å². The van der Waals surface area contributed by atoms with Gasteiger partial charge in [0.25, 0.3) is 0 Å². The van der Waals surface area contributed by atoms with Crippen molar-refractivity contribution in [2.45, 2.75) is 11.4 Å². The van der Waals surface area contributed by atoms with Crippen molar-refractivity contribution in [3.05, 3.63) is 78.4 Å². The zero-order valence-electron chi connectivity index (χ0n) is 14.4. The van der Waals surface area contributed by atoms with Crippen molar-refractivity contribution >= 4 is 17.4 Å². The predicted octanol–water partition coefficient (Wildman–Crippen LogP) is 5.82. The van der Waals surface area contributed by atoms with E-state index in [-0.39, 0.29) is 0 Å². The molecule has 0 aliphatic carbocycles. The van der Waals surface area contributed by atoms with Crippen LogP contribution in [0.15, 0.2) is 77.7 Å². The van der Waals surface area contributed by atoms with Gasteiger partial charge in [-0.3, -0.25) is 0 Å². The summed E-state index contributed by atoms with van der Waals surface area (Å²) in [6, 6.07) is 24.1. The third-order valence-corrected chi connectivity index (χ3v) is 4.54. The highest BCUT2D eigenvalue weighted by Gasteiger charge is 2.07. The molecule has 3 aromatic rings. The number of rotatable bonds is 7. The second-order valence-corrected chi connectivity index (χ2v) is 6.36. The number of para-hydroxylation sites is 1. The Morgan fingerprint density at radius 3 is 2.32 bits per heavy atom. The van der Waals surface area contributed by atoms with Gasteiger partial charge in [0.2, 0.25) is 0 Å². The Hall–Kier alpha value is -2.59. The summed E-state index contributed by atoms with van der Waals surface area (Å²) in [4.78, 5) is 1.26. The molecule has 0 saturated heterocycles. The van der Waals surface area contributed by atoms with Crippen LogP contribution in [0.3, 0.4) is 0 Å². The Bertz CT molecular complexity index is 804. The van der Waals surface area contributed by atoms with Crippen LogP contribution >= 0.6 is 11.8 Å². The van der Waals surface area contributed by atoms with Gasteiger partial charge in [-0.15, -0.1) is 11.8 Å². The maximum Gasteiger partial charge on any atom is 0.150 e. The van der Waals surface area contributed by atoms with Crippen LogP contribution in [0.25, 0.3) is 0 Å². The fraction of sp³-hybridized carbons (Fsp3) is 0.143. The molecule has 0 fully saturated rings. The molecule has 128 valence electrons. The van der Waals surface area contributed by atoms with Gasteiger partial charge in [0.1, 0.15) is 11.5 Å². The first kappa shape index (κ1) is 17.2. The summed E-state index contributed by atoms with van der Waals surface area (Å²) in [6.45, 7) is 0.715. The normalized spacial score (nSPS) is 10.3. The molecule has 0 atom stereocenters. The summed E-state index contributed by atoms with van der Waals surface area (Å²) in [7, 11) is 1.66. The van der Waals surface area contributed by atoms with Crippen LogP contribution < -0.4 is 14.8 Å². The average Bonchev–Trinajstić information content (AvgIpc) is 2.68. The summed E-state index contributed by atoms with van der Waals surface area (Å²) in [5.41, 5.74) is 2.11. The van der Waals surface area contributed by atoms with E-state index >= 15 is 0 Å². The highest BCUT2D eigenvalue weighted by atomic mass is 32.2. The zero-order valence-corrected chi connectivity index (χ0v) is 15.2. The van der Waals surface area contributed by atoms with Gasteiger partial charge in [-0.05, 0) is 48.2 Å². The van der Waals surface area contributed by atoms with E-state index in [1.165, 1.54) is 10.5 Å². The Labute approximate surface area is 153 Å². The van der Waals surface area contributed by atoms with Gasteiger partial charge in [0.05, 0.1) is 12.8 Å². The first-order chi connectivity index (χ1) is 12.3. The van der Waals surface area contributed by atoms with Gasteiger partial charge in [0, 0.05) is 17.5 Å². The second-order valence-electron chi connectivity index (χ2n) is 5.48. The van der Waals surface area contributed by atoms with Gasteiger partial charge in [-0.25, -0.2) is 0 Å². The summed E-state index contributed by atoms with van der Waals surface area (Å²) in [5, 5.41) is 3.45. The van der Waals surface area contributed by atoms with Gasteiger partial charge in [-0.1, -0.05) is 30.3 Å². The van der Waals surface area contributed by atoms with Crippen LogP contribution in [0.5, 0.6) is 17.2 Å². The molecule has 0 heterocycles. The lowest BCUT2D eigenvalue weighted by Gasteiger charge is -2.14. The molecule has 3 nitrogen and oxygen atoms in total. The maximum atomic E-state index is 6.01. The van der Waals surface area contributed by atoms with Crippen LogP contribution in [0, 0.1) is 0 Å². The Morgan fingerprint density at radius 2 is 1.64 bits per heavy atom. The number of thioether (sulfide) groups is 1. The molecule has 4 heteroatoms. The number of ether oxygens (including phenoxy) is 2. The van der Waals surface area contributed by atoms with E-state index in [1.807, 2.05) is 48.5 Å². The zero-order chi connectivity index (χ0) is 17.5. The molecule has 0 saturated carbocycles. The molecule has 0 radical (unpaired) electrons. The lowest BCUT2D eigenvalue weighted by atomic mass is 10.2. The smallest absolute Gasteiger partial charge is 0.150 e. The van der Waals surface area contributed by atoms with E-state index in [2.05, 4.69) is 35.8 Å². The highest BCUT2D eigenvalue weighted by molar-refractivity contribution is 7.98. The van der Waals surface area contributed by atoms with Crippen molar-refractivity contribution in [1.29, 1.82) is 0 Å². The number of benzene rings is 3. The molecule has 0 bridgehead atoms. The first-order valence-corrected chi connectivity index (χ1v) is 9.28. The fourth-order valence-corrected chi connectivity index (χ4v) is 2.83. The first-order valence-electron chi connectivity index (χ1n) is 8.06. The van der Waals surface area contributed by atoms with E-state index in [4.69, 9.17) is 9.47 Å². The molecule has 0 aliphatic heterocycles. The molecular formula is C21H21NO2S. The molecular weight excluding hydrogens is 330 g/mol. The van der Waals surface area contributed by atoms with Gasteiger partial charge in [0.15, 0.2) is 5.75 Å². The molecule has 0 unspecified atom stereocenters. The van der Waals surface area contributed by atoms with Crippen LogP contribution in [-0.4, -0.2) is 13.4 Å². The average molecular weight is 351 g/mol. The quantitative estimate of drug-likeness (QED) is 0.543. The van der Waals surface area contributed by atoms with E-state index in [1.54, 1.807) is 18.9 Å². The number of anilines is 1. The van der Waals surface area contributed by atoms with E-state index < -0.39 is 0 Å². The van der Waals surface area contributed by atoms with Gasteiger partial charge >= 0.3 is 0 Å². The third-order valence-electron chi connectivity index (χ3n) is 3.80. The van der Waals surface area contributed by atoms with Crippen molar-refractivity contribution in [2.75, 3.05) is 18.7 Å². The van der Waals surface area contributed by atoms with Crippen LogP contribution in [-0.2, 0) is 6.54 Å². The van der Waals surface area contributed by atoms with E-state index in [0.717, 1.165) is 22.9 Å². The van der Waals surface area contributed by atoms with Gasteiger partial charge in [-0.2, -0.15) is 0 Å². The summed E-state index contributed by atoms with van der Waals surface area (Å²) in [5.74, 6) is 2.37. The number of methoxy groups -OCH3 is 1. The van der Waals surface area contributed by atoms with Gasteiger partial charge < -0.3 is 14.8 Å². The summed E-state index contributed by atoms with van der Waals surface area (Å²) >= 11 is 1.74. The van der Waals surface area contributed by atoms with Crippen molar-refractivity contribution in [3.63, 3.8) is 0 Å². The Kier molecular flexibility index (Phi) is 5.86. The number of hydrogen-bond acceptors (Lipinski definition) is 4. The third kappa shape index (κ3) is 4.70. The largest absolute Gasteiger partial charge is 0.497 e.